The summed E-state index contributed by atoms with van der Waals surface area (Å²) in [7, 11) is 1.68. The van der Waals surface area contributed by atoms with Gasteiger partial charge in [0.05, 0.1) is 0 Å². The molecule has 0 atom stereocenters. The SMILES string of the molecule is CN(Cc1ccc(Cl)cc1)C(=O)c1cccc(F)c1. The second kappa shape index (κ2) is 5.85. The molecule has 98 valence electrons. The Morgan fingerprint density at radius 3 is 2.53 bits per heavy atom. The van der Waals surface area contributed by atoms with E-state index in [0.29, 0.717) is 17.1 Å². The van der Waals surface area contributed by atoms with E-state index in [9.17, 15) is 9.18 Å². The van der Waals surface area contributed by atoms with Crippen LogP contribution < -0.4 is 0 Å². The lowest BCUT2D eigenvalue weighted by Crippen LogP contribution is -2.26. The molecular formula is C15H13ClFNO. The highest BCUT2D eigenvalue weighted by molar-refractivity contribution is 6.30. The number of hydrogen-bond donors (Lipinski definition) is 0. The molecule has 0 saturated carbocycles. The topological polar surface area (TPSA) is 20.3 Å². The van der Waals surface area contributed by atoms with E-state index in [1.807, 2.05) is 12.1 Å². The van der Waals surface area contributed by atoms with Gasteiger partial charge in [-0.05, 0) is 35.9 Å². The zero-order valence-electron chi connectivity index (χ0n) is 10.4. The van der Waals surface area contributed by atoms with E-state index in [1.54, 1.807) is 25.2 Å². The fourth-order valence-electron chi connectivity index (χ4n) is 1.78. The third-order valence-corrected chi connectivity index (χ3v) is 3.00. The average Bonchev–Trinajstić information content (AvgIpc) is 2.40. The van der Waals surface area contributed by atoms with Gasteiger partial charge in [-0.3, -0.25) is 4.79 Å². The lowest BCUT2D eigenvalue weighted by Gasteiger charge is -2.17. The van der Waals surface area contributed by atoms with Crippen molar-refractivity contribution in [1.82, 2.24) is 4.90 Å². The number of halogens is 2. The van der Waals surface area contributed by atoms with Crippen LogP contribution in [0.5, 0.6) is 0 Å². The van der Waals surface area contributed by atoms with Crippen molar-refractivity contribution in [1.29, 1.82) is 0 Å². The standard InChI is InChI=1S/C15H13ClFNO/c1-18(10-11-5-7-13(16)8-6-11)15(19)12-3-2-4-14(17)9-12/h2-9H,10H2,1H3. The Hall–Kier alpha value is -1.87. The van der Waals surface area contributed by atoms with E-state index in [4.69, 9.17) is 11.6 Å². The molecule has 0 fully saturated rings. The van der Waals surface area contributed by atoms with E-state index in [0.717, 1.165) is 5.56 Å². The quantitative estimate of drug-likeness (QED) is 0.837. The van der Waals surface area contributed by atoms with E-state index in [-0.39, 0.29) is 5.91 Å². The number of carbonyl (C=O) groups excluding carboxylic acids is 1. The Labute approximate surface area is 116 Å². The van der Waals surface area contributed by atoms with Crippen LogP contribution in [-0.4, -0.2) is 17.9 Å². The van der Waals surface area contributed by atoms with Crippen molar-refractivity contribution in [3.63, 3.8) is 0 Å². The van der Waals surface area contributed by atoms with Crippen molar-refractivity contribution in [3.05, 3.63) is 70.5 Å². The molecule has 0 aliphatic carbocycles. The number of rotatable bonds is 3. The largest absolute Gasteiger partial charge is 0.337 e. The van der Waals surface area contributed by atoms with Crippen LogP contribution in [0.25, 0.3) is 0 Å². The molecule has 0 spiro atoms. The van der Waals surface area contributed by atoms with Gasteiger partial charge in [-0.25, -0.2) is 4.39 Å². The molecule has 0 aromatic heterocycles. The van der Waals surface area contributed by atoms with Gasteiger partial charge in [-0.15, -0.1) is 0 Å². The molecule has 2 aromatic carbocycles. The van der Waals surface area contributed by atoms with Gasteiger partial charge in [0.2, 0.25) is 0 Å². The van der Waals surface area contributed by atoms with Crippen molar-refractivity contribution < 1.29 is 9.18 Å². The number of hydrogen-bond acceptors (Lipinski definition) is 1. The van der Waals surface area contributed by atoms with Crippen molar-refractivity contribution >= 4 is 17.5 Å². The Balaban J connectivity index is 2.09. The summed E-state index contributed by atoms with van der Waals surface area (Å²) in [5.41, 5.74) is 1.31. The highest BCUT2D eigenvalue weighted by Crippen LogP contribution is 2.13. The summed E-state index contributed by atoms with van der Waals surface area (Å²) in [6, 6.07) is 12.9. The predicted molar refractivity (Wildman–Crippen MR) is 73.6 cm³/mol. The lowest BCUT2D eigenvalue weighted by atomic mass is 10.1. The molecular weight excluding hydrogens is 265 g/mol. The van der Waals surface area contributed by atoms with Gasteiger partial charge < -0.3 is 4.90 Å². The third-order valence-electron chi connectivity index (χ3n) is 2.75. The maximum absolute atomic E-state index is 13.1. The summed E-state index contributed by atoms with van der Waals surface area (Å²) in [5.74, 6) is -0.625. The highest BCUT2D eigenvalue weighted by Gasteiger charge is 2.12. The van der Waals surface area contributed by atoms with Crippen LogP contribution in [0.15, 0.2) is 48.5 Å². The number of amides is 1. The monoisotopic (exact) mass is 277 g/mol. The molecule has 4 heteroatoms. The molecule has 1 amide bonds. The van der Waals surface area contributed by atoms with Crippen molar-refractivity contribution in [2.24, 2.45) is 0 Å². The predicted octanol–water partition coefficient (Wildman–Crippen LogP) is 3.75. The first-order valence-electron chi connectivity index (χ1n) is 5.82. The van der Waals surface area contributed by atoms with Gasteiger partial charge >= 0.3 is 0 Å². The van der Waals surface area contributed by atoms with Gasteiger partial charge in [0.25, 0.3) is 5.91 Å². The Bertz CT molecular complexity index is 583. The van der Waals surface area contributed by atoms with Crippen molar-refractivity contribution in [2.45, 2.75) is 6.54 Å². The molecule has 0 unspecified atom stereocenters. The van der Waals surface area contributed by atoms with E-state index < -0.39 is 5.82 Å². The fourth-order valence-corrected chi connectivity index (χ4v) is 1.90. The molecule has 2 nitrogen and oxygen atoms in total. The first kappa shape index (κ1) is 13.6. The zero-order valence-corrected chi connectivity index (χ0v) is 11.2. The molecule has 0 heterocycles. The Morgan fingerprint density at radius 2 is 1.89 bits per heavy atom. The van der Waals surface area contributed by atoms with Crippen molar-refractivity contribution in [3.8, 4) is 0 Å². The van der Waals surface area contributed by atoms with E-state index >= 15 is 0 Å². The summed E-state index contributed by atoms with van der Waals surface area (Å²) in [6.45, 7) is 0.451. The summed E-state index contributed by atoms with van der Waals surface area (Å²) >= 11 is 5.80. The molecule has 2 aromatic rings. The second-order valence-corrected chi connectivity index (χ2v) is 4.73. The molecule has 0 radical (unpaired) electrons. The lowest BCUT2D eigenvalue weighted by molar-refractivity contribution is 0.0784. The summed E-state index contributed by atoms with van der Waals surface area (Å²) in [5, 5.41) is 0.655. The molecule has 0 saturated heterocycles. The first-order chi connectivity index (χ1) is 9.06. The minimum atomic E-state index is -0.411. The summed E-state index contributed by atoms with van der Waals surface area (Å²) in [6.07, 6.45) is 0. The molecule has 2 rings (SSSR count). The molecule has 0 N–H and O–H groups in total. The maximum Gasteiger partial charge on any atom is 0.253 e. The van der Waals surface area contributed by atoms with Gasteiger partial charge in [0.1, 0.15) is 5.82 Å². The smallest absolute Gasteiger partial charge is 0.253 e. The van der Waals surface area contributed by atoms with Gasteiger partial charge in [0, 0.05) is 24.2 Å². The summed E-state index contributed by atoms with van der Waals surface area (Å²) in [4.78, 5) is 13.6. The van der Waals surface area contributed by atoms with Gasteiger partial charge in [-0.2, -0.15) is 0 Å². The van der Waals surface area contributed by atoms with Crippen molar-refractivity contribution in [2.75, 3.05) is 7.05 Å². The number of benzene rings is 2. The van der Waals surface area contributed by atoms with E-state index in [1.165, 1.54) is 23.1 Å². The first-order valence-corrected chi connectivity index (χ1v) is 6.19. The normalized spacial score (nSPS) is 10.3. The van der Waals surface area contributed by atoms with Crippen LogP contribution in [0.2, 0.25) is 5.02 Å². The van der Waals surface area contributed by atoms with Crippen LogP contribution in [-0.2, 0) is 6.54 Å². The zero-order chi connectivity index (χ0) is 13.8. The average molecular weight is 278 g/mol. The fraction of sp³-hybridized carbons (Fsp3) is 0.133. The summed E-state index contributed by atoms with van der Waals surface area (Å²) < 4.78 is 13.1. The Morgan fingerprint density at radius 1 is 1.21 bits per heavy atom. The molecule has 0 aliphatic heterocycles. The Kier molecular flexibility index (Phi) is 4.17. The minimum Gasteiger partial charge on any atom is -0.337 e. The second-order valence-electron chi connectivity index (χ2n) is 4.30. The van der Waals surface area contributed by atoms with Crippen LogP contribution in [0.3, 0.4) is 0 Å². The highest BCUT2D eigenvalue weighted by atomic mass is 35.5. The maximum atomic E-state index is 13.1. The van der Waals surface area contributed by atoms with E-state index in [2.05, 4.69) is 0 Å². The number of carbonyl (C=O) groups is 1. The van der Waals surface area contributed by atoms with Gasteiger partial charge in [-0.1, -0.05) is 29.8 Å². The minimum absolute atomic E-state index is 0.213. The van der Waals surface area contributed by atoms with Gasteiger partial charge in [0.15, 0.2) is 0 Å². The van der Waals surface area contributed by atoms with Crippen LogP contribution in [0, 0.1) is 5.82 Å². The van der Waals surface area contributed by atoms with Crippen LogP contribution in [0.4, 0.5) is 4.39 Å². The molecule has 0 aliphatic rings. The third kappa shape index (κ3) is 3.55. The molecule has 0 bridgehead atoms. The molecule has 19 heavy (non-hydrogen) atoms. The number of nitrogens with zero attached hydrogens (tertiary/aromatic N) is 1. The van der Waals surface area contributed by atoms with Crippen LogP contribution in [0.1, 0.15) is 15.9 Å². The van der Waals surface area contributed by atoms with Crippen LogP contribution >= 0.6 is 11.6 Å².